The summed E-state index contributed by atoms with van der Waals surface area (Å²) in [6.45, 7) is 4.94. The van der Waals surface area contributed by atoms with Gasteiger partial charge in [0.05, 0.1) is 6.04 Å². The number of piperidine rings is 1. The van der Waals surface area contributed by atoms with Gasteiger partial charge in [-0.05, 0) is 55.8 Å². The van der Waals surface area contributed by atoms with Crippen LogP contribution in [0.25, 0.3) is 0 Å². The molecule has 1 aromatic rings. The van der Waals surface area contributed by atoms with Crippen LogP contribution in [-0.2, 0) is 11.2 Å². The van der Waals surface area contributed by atoms with Gasteiger partial charge in [0.2, 0.25) is 5.91 Å². The number of halogens is 1. The highest BCUT2D eigenvalue weighted by Gasteiger charge is 2.25. The van der Waals surface area contributed by atoms with Gasteiger partial charge in [0.25, 0.3) is 0 Å². The van der Waals surface area contributed by atoms with Gasteiger partial charge < -0.3 is 15.4 Å². The fraction of sp³-hybridized carbons (Fsp3) is 0.611. The standard InChI is InChI=1S/C18H26N2O2.ClH/c1-13(15-6-4-8-19-11-15)9-18(21)20-16-10-14-5-2-3-7-17(14)22-12-16;/h2-3,5,7,13,15-16,19H,4,6,8-12H2,1H3,(H,20,21);1H. The molecule has 0 saturated carbocycles. The van der Waals surface area contributed by atoms with Crippen molar-refractivity contribution in [2.75, 3.05) is 19.7 Å². The van der Waals surface area contributed by atoms with Crippen LogP contribution in [-0.4, -0.2) is 31.6 Å². The minimum atomic E-state index is 0. The summed E-state index contributed by atoms with van der Waals surface area (Å²) in [6.07, 6.45) is 3.94. The lowest BCUT2D eigenvalue weighted by Gasteiger charge is -2.29. The maximum Gasteiger partial charge on any atom is 0.220 e. The lowest BCUT2D eigenvalue weighted by atomic mass is 9.85. The number of hydrogen-bond acceptors (Lipinski definition) is 3. The third-order valence-corrected chi connectivity index (χ3v) is 4.89. The van der Waals surface area contributed by atoms with Gasteiger partial charge in [0.1, 0.15) is 12.4 Å². The van der Waals surface area contributed by atoms with Crippen molar-refractivity contribution in [3.05, 3.63) is 29.8 Å². The van der Waals surface area contributed by atoms with Gasteiger partial charge in [-0.1, -0.05) is 25.1 Å². The Morgan fingerprint density at radius 2 is 2.26 bits per heavy atom. The molecule has 3 rings (SSSR count). The Morgan fingerprint density at radius 1 is 1.43 bits per heavy atom. The fourth-order valence-electron chi connectivity index (χ4n) is 3.53. The second kappa shape index (κ2) is 8.55. The van der Waals surface area contributed by atoms with E-state index in [-0.39, 0.29) is 24.4 Å². The van der Waals surface area contributed by atoms with Crippen molar-refractivity contribution in [2.45, 2.75) is 38.6 Å². The monoisotopic (exact) mass is 338 g/mol. The zero-order valence-corrected chi connectivity index (χ0v) is 14.5. The van der Waals surface area contributed by atoms with E-state index in [0.717, 1.165) is 25.3 Å². The molecule has 3 atom stereocenters. The van der Waals surface area contributed by atoms with Gasteiger partial charge in [-0.3, -0.25) is 4.79 Å². The lowest BCUT2D eigenvalue weighted by molar-refractivity contribution is -0.123. The molecule has 23 heavy (non-hydrogen) atoms. The van der Waals surface area contributed by atoms with Crippen LogP contribution in [0.15, 0.2) is 24.3 Å². The minimum absolute atomic E-state index is 0. The second-order valence-corrected chi connectivity index (χ2v) is 6.68. The van der Waals surface area contributed by atoms with E-state index in [1.807, 2.05) is 18.2 Å². The molecule has 1 fully saturated rings. The molecule has 0 bridgehead atoms. The number of carbonyl (C=O) groups is 1. The molecular formula is C18H27ClN2O2. The third kappa shape index (κ3) is 4.85. The van der Waals surface area contributed by atoms with Crippen LogP contribution >= 0.6 is 12.4 Å². The molecule has 2 heterocycles. The minimum Gasteiger partial charge on any atom is -0.491 e. The summed E-state index contributed by atoms with van der Waals surface area (Å²) < 4.78 is 5.73. The average Bonchev–Trinajstić information content (AvgIpc) is 2.55. The molecule has 0 aliphatic carbocycles. The summed E-state index contributed by atoms with van der Waals surface area (Å²) >= 11 is 0. The Hall–Kier alpha value is -1.26. The number of amides is 1. The maximum atomic E-state index is 12.3. The van der Waals surface area contributed by atoms with Crippen molar-refractivity contribution in [1.82, 2.24) is 10.6 Å². The third-order valence-electron chi connectivity index (χ3n) is 4.89. The molecule has 2 aliphatic heterocycles. The van der Waals surface area contributed by atoms with Crippen LogP contribution in [0.1, 0.15) is 31.7 Å². The van der Waals surface area contributed by atoms with E-state index >= 15 is 0 Å². The molecule has 5 heteroatoms. The van der Waals surface area contributed by atoms with E-state index < -0.39 is 0 Å². The SMILES string of the molecule is CC(CC(=O)NC1COc2ccccc2C1)C1CCCNC1.Cl. The predicted molar refractivity (Wildman–Crippen MR) is 94.2 cm³/mol. The Bertz CT molecular complexity index is 517. The van der Waals surface area contributed by atoms with Crippen molar-refractivity contribution >= 4 is 18.3 Å². The molecule has 2 N–H and O–H groups in total. The first kappa shape index (κ1) is 18.1. The Morgan fingerprint density at radius 3 is 3.04 bits per heavy atom. The first-order valence-electron chi connectivity index (χ1n) is 8.43. The predicted octanol–water partition coefficient (Wildman–Crippen LogP) is 2.55. The smallest absolute Gasteiger partial charge is 0.220 e. The van der Waals surface area contributed by atoms with Crippen molar-refractivity contribution in [3.63, 3.8) is 0 Å². The Labute approximate surface area is 144 Å². The number of fused-ring (bicyclic) bond motifs is 1. The van der Waals surface area contributed by atoms with Crippen molar-refractivity contribution in [2.24, 2.45) is 11.8 Å². The number of rotatable bonds is 4. The molecule has 1 saturated heterocycles. The second-order valence-electron chi connectivity index (χ2n) is 6.68. The van der Waals surface area contributed by atoms with Gasteiger partial charge in [-0.15, -0.1) is 12.4 Å². The molecule has 0 radical (unpaired) electrons. The van der Waals surface area contributed by atoms with Crippen LogP contribution in [0.2, 0.25) is 0 Å². The van der Waals surface area contributed by atoms with Crippen LogP contribution in [0, 0.1) is 11.8 Å². The molecule has 0 aromatic heterocycles. The number of para-hydroxylation sites is 1. The molecular weight excluding hydrogens is 312 g/mol. The number of benzene rings is 1. The first-order chi connectivity index (χ1) is 10.7. The number of carbonyl (C=O) groups excluding carboxylic acids is 1. The molecule has 1 aromatic carbocycles. The molecule has 4 nitrogen and oxygen atoms in total. The van der Waals surface area contributed by atoms with Crippen LogP contribution < -0.4 is 15.4 Å². The van der Waals surface area contributed by atoms with Gasteiger partial charge in [0.15, 0.2) is 0 Å². The van der Waals surface area contributed by atoms with Crippen molar-refractivity contribution in [3.8, 4) is 5.75 Å². The zero-order chi connectivity index (χ0) is 15.4. The Kier molecular flexibility index (Phi) is 6.72. The van der Waals surface area contributed by atoms with Gasteiger partial charge >= 0.3 is 0 Å². The van der Waals surface area contributed by atoms with Crippen LogP contribution in [0.3, 0.4) is 0 Å². The summed E-state index contributed by atoms with van der Waals surface area (Å²) in [5.74, 6) is 2.17. The number of hydrogen-bond donors (Lipinski definition) is 2. The zero-order valence-electron chi connectivity index (χ0n) is 13.7. The van der Waals surface area contributed by atoms with E-state index in [1.165, 1.54) is 18.4 Å². The van der Waals surface area contributed by atoms with Gasteiger partial charge in [-0.25, -0.2) is 0 Å². The maximum absolute atomic E-state index is 12.3. The average molecular weight is 339 g/mol. The molecule has 0 spiro atoms. The highest BCUT2D eigenvalue weighted by molar-refractivity contribution is 5.85. The highest BCUT2D eigenvalue weighted by atomic mass is 35.5. The van der Waals surface area contributed by atoms with Crippen LogP contribution in [0.4, 0.5) is 0 Å². The van der Waals surface area contributed by atoms with Gasteiger partial charge in [0, 0.05) is 6.42 Å². The summed E-state index contributed by atoms with van der Waals surface area (Å²) in [5, 5.41) is 6.58. The van der Waals surface area contributed by atoms with E-state index in [2.05, 4.69) is 23.6 Å². The summed E-state index contributed by atoms with van der Waals surface area (Å²) in [7, 11) is 0. The topological polar surface area (TPSA) is 50.4 Å². The summed E-state index contributed by atoms with van der Waals surface area (Å²) in [4.78, 5) is 12.3. The van der Waals surface area contributed by atoms with Crippen molar-refractivity contribution in [1.29, 1.82) is 0 Å². The molecule has 128 valence electrons. The summed E-state index contributed by atoms with van der Waals surface area (Å²) in [6, 6.07) is 8.16. The summed E-state index contributed by atoms with van der Waals surface area (Å²) in [5.41, 5.74) is 1.18. The van der Waals surface area contributed by atoms with Crippen molar-refractivity contribution < 1.29 is 9.53 Å². The largest absolute Gasteiger partial charge is 0.491 e. The fourth-order valence-corrected chi connectivity index (χ4v) is 3.53. The molecule has 1 amide bonds. The quantitative estimate of drug-likeness (QED) is 0.887. The van der Waals surface area contributed by atoms with Crippen LogP contribution in [0.5, 0.6) is 5.75 Å². The van der Waals surface area contributed by atoms with Gasteiger partial charge in [-0.2, -0.15) is 0 Å². The van der Waals surface area contributed by atoms with E-state index in [0.29, 0.717) is 24.9 Å². The Balaban J connectivity index is 0.00000192. The number of ether oxygens (including phenoxy) is 1. The molecule has 3 unspecified atom stereocenters. The lowest BCUT2D eigenvalue weighted by Crippen LogP contribution is -2.44. The molecule has 2 aliphatic rings. The number of nitrogens with one attached hydrogen (secondary N) is 2. The normalized spacial score (nSPS) is 24.6. The van der Waals surface area contributed by atoms with E-state index in [1.54, 1.807) is 0 Å². The highest BCUT2D eigenvalue weighted by Crippen LogP contribution is 2.25. The van der Waals surface area contributed by atoms with E-state index in [9.17, 15) is 4.79 Å². The van der Waals surface area contributed by atoms with E-state index in [4.69, 9.17) is 4.74 Å². The first-order valence-corrected chi connectivity index (χ1v) is 8.43.